The van der Waals surface area contributed by atoms with Gasteiger partial charge in [-0.3, -0.25) is 9.69 Å². The number of carbonyl (C=O) groups excluding carboxylic acids is 1. The van der Waals surface area contributed by atoms with Gasteiger partial charge in [0, 0.05) is 10.8 Å². The molecular formula is C16H22N4O2S. The number of hydrogen-bond acceptors (Lipinski definition) is 6. The average Bonchev–Trinajstić information content (AvgIpc) is 3.23. The van der Waals surface area contributed by atoms with Crippen molar-refractivity contribution >= 4 is 17.2 Å². The normalized spacial score (nSPS) is 18.0. The minimum Gasteiger partial charge on any atom is -0.350 e. The number of piperidine rings is 1. The van der Waals surface area contributed by atoms with E-state index in [2.05, 4.69) is 20.4 Å². The molecule has 1 unspecified atom stereocenters. The van der Waals surface area contributed by atoms with Crippen molar-refractivity contribution in [2.45, 2.75) is 45.2 Å². The second kappa shape index (κ2) is 7.23. The van der Waals surface area contributed by atoms with E-state index in [1.807, 2.05) is 31.4 Å². The smallest absolute Gasteiger partial charge is 0.237 e. The summed E-state index contributed by atoms with van der Waals surface area (Å²) in [5.41, 5.74) is 0. The van der Waals surface area contributed by atoms with Gasteiger partial charge in [0.2, 0.25) is 11.8 Å². The van der Waals surface area contributed by atoms with E-state index in [4.69, 9.17) is 4.52 Å². The minimum absolute atomic E-state index is 0.0884. The number of rotatable bonds is 5. The van der Waals surface area contributed by atoms with E-state index in [-0.39, 0.29) is 11.9 Å². The summed E-state index contributed by atoms with van der Waals surface area (Å²) < 4.78 is 5.27. The molecule has 1 atom stereocenters. The molecule has 0 radical (unpaired) electrons. The molecule has 2 aromatic heterocycles. The first-order chi connectivity index (χ1) is 11.1. The molecule has 2 aromatic rings. The Labute approximate surface area is 139 Å². The van der Waals surface area contributed by atoms with E-state index < -0.39 is 0 Å². The Morgan fingerprint density at radius 2 is 2.30 bits per heavy atom. The molecule has 3 heterocycles. The summed E-state index contributed by atoms with van der Waals surface area (Å²) in [6.07, 6.45) is 1.90. The Hall–Kier alpha value is -1.73. The van der Waals surface area contributed by atoms with Crippen molar-refractivity contribution in [1.82, 2.24) is 20.4 Å². The number of aromatic nitrogens is 2. The quantitative estimate of drug-likeness (QED) is 0.908. The third kappa shape index (κ3) is 3.97. The Balaban J connectivity index is 1.47. The van der Waals surface area contributed by atoms with E-state index in [1.54, 1.807) is 11.3 Å². The Kier molecular flexibility index (Phi) is 5.07. The van der Waals surface area contributed by atoms with Gasteiger partial charge in [0.15, 0.2) is 5.82 Å². The summed E-state index contributed by atoms with van der Waals surface area (Å²) in [6.45, 7) is 6.17. The van der Waals surface area contributed by atoms with Crippen LogP contribution in [0.1, 0.15) is 42.3 Å². The lowest BCUT2D eigenvalue weighted by Gasteiger charge is -2.34. The van der Waals surface area contributed by atoms with Crippen LogP contribution < -0.4 is 5.32 Å². The van der Waals surface area contributed by atoms with Crippen LogP contribution in [0.4, 0.5) is 0 Å². The summed E-state index contributed by atoms with van der Waals surface area (Å²) >= 11 is 1.66. The highest BCUT2D eigenvalue weighted by molar-refractivity contribution is 7.09. The molecule has 23 heavy (non-hydrogen) atoms. The molecule has 1 fully saturated rings. The van der Waals surface area contributed by atoms with Crippen molar-refractivity contribution < 1.29 is 9.32 Å². The summed E-state index contributed by atoms with van der Waals surface area (Å²) in [7, 11) is 0. The van der Waals surface area contributed by atoms with Crippen LogP contribution in [-0.2, 0) is 11.3 Å². The fraction of sp³-hybridized carbons (Fsp3) is 0.562. The molecule has 1 aliphatic rings. The van der Waals surface area contributed by atoms with Crippen LogP contribution in [0.2, 0.25) is 0 Å². The predicted octanol–water partition coefficient (Wildman–Crippen LogP) is 2.32. The molecule has 1 aliphatic heterocycles. The van der Waals surface area contributed by atoms with Crippen LogP contribution in [-0.4, -0.2) is 40.1 Å². The van der Waals surface area contributed by atoms with Crippen molar-refractivity contribution in [3.05, 3.63) is 34.1 Å². The standard InChI is InChI=1S/C16H22N4O2S/c1-11(15(21)17-10-14-4-3-9-23-14)20-7-5-13(6-8-20)16-18-12(2)19-22-16/h3-4,9,11,13H,5-8,10H2,1-2H3,(H,17,21). The van der Waals surface area contributed by atoms with Gasteiger partial charge in [-0.2, -0.15) is 4.98 Å². The van der Waals surface area contributed by atoms with Crippen LogP contribution in [0.15, 0.2) is 22.0 Å². The van der Waals surface area contributed by atoms with Gasteiger partial charge in [-0.1, -0.05) is 11.2 Å². The fourth-order valence-electron chi connectivity index (χ4n) is 2.91. The van der Waals surface area contributed by atoms with Gasteiger partial charge in [-0.25, -0.2) is 0 Å². The van der Waals surface area contributed by atoms with Crippen molar-refractivity contribution in [3.63, 3.8) is 0 Å². The number of nitrogens with zero attached hydrogens (tertiary/aromatic N) is 3. The first-order valence-corrected chi connectivity index (χ1v) is 8.86. The number of hydrogen-bond donors (Lipinski definition) is 1. The summed E-state index contributed by atoms with van der Waals surface area (Å²) in [6, 6.07) is 3.92. The molecule has 3 rings (SSSR count). The second-order valence-corrected chi connectivity index (χ2v) is 7.00. The predicted molar refractivity (Wildman–Crippen MR) is 88.2 cm³/mol. The highest BCUT2D eigenvalue weighted by Crippen LogP contribution is 2.27. The molecule has 0 aliphatic carbocycles. The average molecular weight is 334 g/mol. The van der Waals surface area contributed by atoms with Crippen LogP contribution in [0.5, 0.6) is 0 Å². The SMILES string of the molecule is Cc1noc(C2CCN(C(C)C(=O)NCc3cccs3)CC2)n1. The lowest BCUT2D eigenvalue weighted by atomic mass is 9.95. The van der Waals surface area contributed by atoms with E-state index >= 15 is 0 Å². The van der Waals surface area contributed by atoms with E-state index in [0.29, 0.717) is 18.3 Å². The third-order valence-electron chi connectivity index (χ3n) is 4.37. The van der Waals surface area contributed by atoms with Crippen molar-refractivity contribution in [2.75, 3.05) is 13.1 Å². The largest absolute Gasteiger partial charge is 0.350 e. The van der Waals surface area contributed by atoms with E-state index in [0.717, 1.165) is 31.8 Å². The zero-order valence-corrected chi connectivity index (χ0v) is 14.3. The monoisotopic (exact) mass is 334 g/mol. The topological polar surface area (TPSA) is 71.3 Å². The third-order valence-corrected chi connectivity index (χ3v) is 5.24. The van der Waals surface area contributed by atoms with Crippen LogP contribution in [0.3, 0.4) is 0 Å². The molecule has 0 spiro atoms. The van der Waals surface area contributed by atoms with Gasteiger partial charge in [-0.05, 0) is 51.2 Å². The van der Waals surface area contributed by atoms with Gasteiger partial charge in [-0.15, -0.1) is 11.3 Å². The number of likely N-dealkylation sites (tertiary alicyclic amines) is 1. The Morgan fingerprint density at radius 1 is 1.52 bits per heavy atom. The van der Waals surface area contributed by atoms with Crippen molar-refractivity contribution in [1.29, 1.82) is 0 Å². The van der Waals surface area contributed by atoms with Crippen LogP contribution in [0, 0.1) is 6.92 Å². The number of nitrogens with one attached hydrogen (secondary N) is 1. The van der Waals surface area contributed by atoms with Crippen molar-refractivity contribution in [3.8, 4) is 0 Å². The summed E-state index contributed by atoms with van der Waals surface area (Å²) in [4.78, 5) is 20.0. The zero-order valence-electron chi connectivity index (χ0n) is 13.5. The molecule has 0 bridgehead atoms. The molecule has 1 amide bonds. The Morgan fingerprint density at radius 3 is 2.91 bits per heavy atom. The molecule has 1 N–H and O–H groups in total. The number of thiophene rings is 1. The number of carbonyl (C=O) groups is 1. The summed E-state index contributed by atoms with van der Waals surface area (Å²) in [5.74, 6) is 1.82. The zero-order chi connectivity index (χ0) is 16.2. The summed E-state index contributed by atoms with van der Waals surface area (Å²) in [5, 5.41) is 8.90. The maximum Gasteiger partial charge on any atom is 0.237 e. The molecule has 7 heteroatoms. The lowest BCUT2D eigenvalue weighted by molar-refractivity contribution is -0.126. The highest BCUT2D eigenvalue weighted by Gasteiger charge is 2.29. The lowest BCUT2D eigenvalue weighted by Crippen LogP contribution is -2.47. The fourth-order valence-corrected chi connectivity index (χ4v) is 3.56. The maximum absolute atomic E-state index is 12.3. The molecule has 6 nitrogen and oxygen atoms in total. The molecule has 124 valence electrons. The minimum atomic E-state index is -0.111. The van der Waals surface area contributed by atoms with Gasteiger partial charge < -0.3 is 9.84 Å². The number of amides is 1. The van der Waals surface area contributed by atoms with Crippen LogP contribution in [0.25, 0.3) is 0 Å². The Bertz CT molecular complexity index is 632. The molecular weight excluding hydrogens is 312 g/mol. The first kappa shape index (κ1) is 16.1. The molecule has 0 aromatic carbocycles. The van der Waals surface area contributed by atoms with Crippen LogP contribution >= 0.6 is 11.3 Å². The maximum atomic E-state index is 12.3. The highest BCUT2D eigenvalue weighted by atomic mass is 32.1. The van der Waals surface area contributed by atoms with Gasteiger partial charge in [0.05, 0.1) is 12.6 Å². The van der Waals surface area contributed by atoms with Gasteiger partial charge >= 0.3 is 0 Å². The molecule has 1 saturated heterocycles. The second-order valence-electron chi connectivity index (χ2n) is 5.96. The molecule has 0 saturated carbocycles. The van der Waals surface area contributed by atoms with Gasteiger partial charge in [0.25, 0.3) is 0 Å². The van der Waals surface area contributed by atoms with E-state index in [9.17, 15) is 4.79 Å². The number of aryl methyl sites for hydroxylation is 1. The first-order valence-electron chi connectivity index (χ1n) is 7.98. The van der Waals surface area contributed by atoms with Crippen molar-refractivity contribution in [2.24, 2.45) is 0 Å². The van der Waals surface area contributed by atoms with Gasteiger partial charge in [0.1, 0.15) is 0 Å². The van der Waals surface area contributed by atoms with E-state index in [1.165, 1.54) is 4.88 Å².